The summed E-state index contributed by atoms with van der Waals surface area (Å²) in [5.41, 5.74) is 5.96. The molecule has 39 heavy (non-hydrogen) atoms. The van der Waals surface area contributed by atoms with Gasteiger partial charge in [-0.3, -0.25) is 4.79 Å². The Morgan fingerprint density at radius 1 is 0.821 bits per heavy atom. The summed E-state index contributed by atoms with van der Waals surface area (Å²) in [6.45, 7) is 0.220. The van der Waals surface area contributed by atoms with Gasteiger partial charge in [-0.05, 0) is 53.3 Å². The number of furan rings is 1. The lowest BCUT2D eigenvalue weighted by Crippen LogP contribution is -2.40. The van der Waals surface area contributed by atoms with Crippen LogP contribution in [0.5, 0.6) is 0 Å². The number of benzene rings is 4. The summed E-state index contributed by atoms with van der Waals surface area (Å²) in [5.74, 6) is -0.198. The van der Waals surface area contributed by atoms with Gasteiger partial charge in [-0.15, -0.1) is 0 Å². The SMILES string of the molecule is O=C(O)C1CCCN1S(=O)(=O)c1ccc(-c2ccc(-c3c(Cc4ccccc4)oc4ccccc34)cc2)cc1. The van der Waals surface area contributed by atoms with Gasteiger partial charge >= 0.3 is 5.97 Å². The molecule has 1 saturated heterocycles. The molecule has 0 spiro atoms. The van der Waals surface area contributed by atoms with Gasteiger partial charge in [-0.1, -0.05) is 84.9 Å². The molecule has 2 heterocycles. The van der Waals surface area contributed by atoms with E-state index in [2.05, 4.69) is 30.3 Å². The molecule has 5 aromatic rings. The number of carboxylic acid groups (broad SMARTS) is 1. The fraction of sp³-hybridized carbons (Fsp3) is 0.156. The Bertz CT molecular complexity index is 1740. The average molecular weight is 538 g/mol. The summed E-state index contributed by atoms with van der Waals surface area (Å²) in [4.78, 5) is 11.6. The fourth-order valence-corrected chi connectivity index (χ4v) is 7.03. The van der Waals surface area contributed by atoms with Crippen molar-refractivity contribution in [1.82, 2.24) is 4.31 Å². The summed E-state index contributed by atoms with van der Waals surface area (Å²) in [6.07, 6.45) is 1.56. The van der Waals surface area contributed by atoms with E-state index in [0.29, 0.717) is 19.3 Å². The second-order valence-corrected chi connectivity index (χ2v) is 11.7. The highest BCUT2D eigenvalue weighted by molar-refractivity contribution is 7.89. The number of rotatable bonds is 7. The molecule has 1 atom stereocenters. The van der Waals surface area contributed by atoms with Gasteiger partial charge in [-0.25, -0.2) is 8.42 Å². The van der Waals surface area contributed by atoms with E-state index >= 15 is 0 Å². The Morgan fingerprint density at radius 2 is 1.44 bits per heavy atom. The van der Waals surface area contributed by atoms with E-state index in [4.69, 9.17) is 4.42 Å². The molecule has 0 saturated carbocycles. The average Bonchev–Trinajstić information content (AvgIpc) is 3.60. The molecule has 0 bridgehead atoms. The van der Waals surface area contributed by atoms with Crippen LogP contribution in [-0.4, -0.2) is 36.4 Å². The molecule has 4 aromatic carbocycles. The van der Waals surface area contributed by atoms with E-state index < -0.39 is 22.0 Å². The highest BCUT2D eigenvalue weighted by Gasteiger charge is 2.39. The molecular weight excluding hydrogens is 510 g/mol. The highest BCUT2D eigenvalue weighted by atomic mass is 32.2. The van der Waals surface area contributed by atoms with Crippen LogP contribution in [0.1, 0.15) is 24.2 Å². The van der Waals surface area contributed by atoms with Gasteiger partial charge in [0.15, 0.2) is 0 Å². The van der Waals surface area contributed by atoms with Crippen molar-refractivity contribution in [2.45, 2.75) is 30.2 Å². The van der Waals surface area contributed by atoms with Crippen LogP contribution in [0.3, 0.4) is 0 Å². The summed E-state index contributed by atoms with van der Waals surface area (Å²) < 4.78 is 33.6. The number of fused-ring (bicyclic) bond motifs is 1. The van der Waals surface area contributed by atoms with Crippen molar-refractivity contribution >= 4 is 27.0 Å². The summed E-state index contributed by atoms with van der Waals surface area (Å²) in [5, 5.41) is 10.5. The molecule has 0 radical (unpaired) electrons. The van der Waals surface area contributed by atoms with Crippen molar-refractivity contribution in [1.29, 1.82) is 0 Å². The van der Waals surface area contributed by atoms with Gasteiger partial charge in [0.1, 0.15) is 17.4 Å². The molecule has 1 aromatic heterocycles. The lowest BCUT2D eigenvalue weighted by molar-refractivity contribution is -0.140. The number of sulfonamides is 1. The van der Waals surface area contributed by atoms with Gasteiger partial charge in [0.25, 0.3) is 0 Å². The molecule has 1 fully saturated rings. The first-order valence-corrected chi connectivity index (χ1v) is 14.4. The molecule has 1 unspecified atom stereocenters. The topological polar surface area (TPSA) is 87.8 Å². The van der Waals surface area contributed by atoms with E-state index in [1.54, 1.807) is 24.3 Å². The zero-order valence-electron chi connectivity index (χ0n) is 21.2. The third kappa shape index (κ3) is 4.75. The molecule has 0 amide bonds. The molecule has 196 valence electrons. The van der Waals surface area contributed by atoms with Crippen molar-refractivity contribution in [2.75, 3.05) is 6.54 Å². The van der Waals surface area contributed by atoms with Crippen LogP contribution in [0.4, 0.5) is 0 Å². The van der Waals surface area contributed by atoms with Crippen molar-refractivity contribution in [2.24, 2.45) is 0 Å². The van der Waals surface area contributed by atoms with Crippen molar-refractivity contribution in [3.63, 3.8) is 0 Å². The number of carboxylic acids is 1. The molecular formula is C32H27NO5S. The fourth-order valence-electron chi connectivity index (χ4n) is 5.38. The number of para-hydroxylation sites is 1. The van der Waals surface area contributed by atoms with Crippen molar-refractivity contribution in [3.05, 3.63) is 114 Å². The van der Waals surface area contributed by atoms with E-state index in [9.17, 15) is 18.3 Å². The minimum Gasteiger partial charge on any atom is -0.480 e. The molecule has 1 aliphatic rings. The number of nitrogens with zero attached hydrogens (tertiary/aromatic N) is 1. The molecule has 7 heteroatoms. The Hall–Kier alpha value is -4.20. The van der Waals surface area contributed by atoms with Gasteiger partial charge < -0.3 is 9.52 Å². The van der Waals surface area contributed by atoms with Crippen molar-refractivity contribution in [3.8, 4) is 22.3 Å². The van der Waals surface area contributed by atoms with Gasteiger partial charge in [-0.2, -0.15) is 4.31 Å². The molecule has 6 rings (SSSR count). The van der Waals surface area contributed by atoms with Crippen LogP contribution < -0.4 is 0 Å². The van der Waals surface area contributed by atoms with Gasteiger partial charge in [0.2, 0.25) is 10.0 Å². The van der Waals surface area contributed by atoms with Crippen LogP contribution in [0.15, 0.2) is 112 Å². The Morgan fingerprint density at radius 3 is 2.13 bits per heavy atom. The number of carbonyl (C=O) groups is 1. The predicted molar refractivity (Wildman–Crippen MR) is 151 cm³/mol. The molecule has 1 aliphatic heterocycles. The zero-order valence-corrected chi connectivity index (χ0v) is 22.0. The van der Waals surface area contributed by atoms with Crippen LogP contribution in [0.25, 0.3) is 33.2 Å². The quantitative estimate of drug-likeness (QED) is 0.253. The smallest absolute Gasteiger partial charge is 0.322 e. The van der Waals surface area contributed by atoms with Gasteiger partial charge in [0.05, 0.1) is 4.90 Å². The second-order valence-electron chi connectivity index (χ2n) is 9.77. The summed E-state index contributed by atoms with van der Waals surface area (Å²) in [6, 6.07) is 32.1. The largest absolute Gasteiger partial charge is 0.480 e. The lowest BCUT2D eigenvalue weighted by atomic mass is 9.96. The molecule has 6 nitrogen and oxygen atoms in total. The first-order chi connectivity index (χ1) is 18.9. The van der Waals surface area contributed by atoms with E-state index in [1.165, 1.54) is 5.56 Å². The second kappa shape index (κ2) is 10.2. The Labute approximate surface area is 227 Å². The maximum Gasteiger partial charge on any atom is 0.322 e. The van der Waals surface area contributed by atoms with E-state index in [-0.39, 0.29) is 11.4 Å². The van der Waals surface area contributed by atoms with E-state index in [1.807, 2.05) is 48.5 Å². The highest BCUT2D eigenvalue weighted by Crippen LogP contribution is 2.37. The molecule has 0 aliphatic carbocycles. The van der Waals surface area contributed by atoms with Crippen LogP contribution in [0, 0.1) is 0 Å². The number of aliphatic carboxylic acids is 1. The third-order valence-corrected chi connectivity index (χ3v) is 9.25. The minimum absolute atomic E-state index is 0.103. The van der Waals surface area contributed by atoms with E-state index in [0.717, 1.165) is 43.3 Å². The number of hydrogen-bond acceptors (Lipinski definition) is 4. The normalized spacial score (nSPS) is 16.1. The first kappa shape index (κ1) is 25.1. The standard InChI is InChI=1S/C32H27NO5S/c34-32(35)28-10-6-20-33(28)39(36,37)26-18-16-24(17-19-26)23-12-14-25(15-13-23)31-27-9-4-5-11-29(27)38-30(31)21-22-7-2-1-3-8-22/h1-5,7-9,11-19,28H,6,10,20-21H2,(H,34,35). The maximum absolute atomic E-state index is 13.1. The van der Waals surface area contributed by atoms with Gasteiger partial charge in [0, 0.05) is 23.9 Å². The summed E-state index contributed by atoms with van der Waals surface area (Å²) in [7, 11) is -3.88. The lowest BCUT2D eigenvalue weighted by Gasteiger charge is -2.21. The Kier molecular flexibility index (Phi) is 6.54. The predicted octanol–water partition coefficient (Wildman–Crippen LogP) is 6.60. The van der Waals surface area contributed by atoms with Crippen LogP contribution in [-0.2, 0) is 21.2 Å². The van der Waals surface area contributed by atoms with Crippen LogP contribution in [0.2, 0.25) is 0 Å². The third-order valence-electron chi connectivity index (χ3n) is 7.33. The Balaban J connectivity index is 1.29. The van der Waals surface area contributed by atoms with Crippen molar-refractivity contribution < 1.29 is 22.7 Å². The number of hydrogen-bond donors (Lipinski definition) is 1. The van der Waals surface area contributed by atoms with Crippen LogP contribution >= 0.6 is 0 Å². The maximum atomic E-state index is 13.1. The monoisotopic (exact) mass is 537 g/mol. The summed E-state index contributed by atoms with van der Waals surface area (Å²) >= 11 is 0. The first-order valence-electron chi connectivity index (χ1n) is 12.9. The molecule has 1 N–H and O–H groups in total. The zero-order chi connectivity index (χ0) is 27.0. The minimum atomic E-state index is -3.88.